The molecule has 83 valence electrons. The average molecular weight is 221 g/mol. The van der Waals surface area contributed by atoms with Crippen LogP contribution in [0.1, 0.15) is 23.2 Å². The number of hydrogen-bond donors (Lipinski definition) is 1. The molecule has 0 aliphatic carbocycles. The third-order valence-electron chi connectivity index (χ3n) is 3.04. The quantitative estimate of drug-likeness (QED) is 0.828. The fourth-order valence-electron chi connectivity index (χ4n) is 2.17. The van der Waals surface area contributed by atoms with Crippen molar-refractivity contribution in [2.45, 2.75) is 12.1 Å². The SMILES string of the molecule is [C]1=N[C@H](c2ccccc2)[C@@H](c2ccccc2)N1. The Morgan fingerprint density at radius 3 is 2.06 bits per heavy atom. The van der Waals surface area contributed by atoms with E-state index in [0.29, 0.717) is 0 Å². The molecular weight excluding hydrogens is 208 g/mol. The second kappa shape index (κ2) is 4.42. The molecular formula is C15H13N2. The molecule has 0 amide bonds. The van der Waals surface area contributed by atoms with Gasteiger partial charge in [-0.25, -0.2) is 0 Å². The Kier molecular flexibility index (Phi) is 2.62. The second-order valence-electron chi connectivity index (χ2n) is 4.13. The highest BCUT2D eigenvalue weighted by atomic mass is 15.1. The van der Waals surface area contributed by atoms with Gasteiger partial charge < -0.3 is 5.32 Å². The minimum atomic E-state index is 0.124. The summed E-state index contributed by atoms with van der Waals surface area (Å²) in [6, 6.07) is 21.0. The lowest BCUT2D eigenvalue weighted by molar-refractivity contribution is 0.573. The number of hydrogen-bond acceptors (Lipinski definition) is 2. The molecule has 0 saturated heterocycles. The monoisotopic (exact) mass is 221 g/mol. The first kappa shape index (κ1) is 10.1. The van der Waals surface area contributed by atoms with Gasteiger partial charge >= 0.3 is 0 Å². The number of aliphatic imine (C=N–C) groups is 1. The fourth-order valence-corrected chi connectivity index (χ4v) is 2.17. The topological polar surface area (TPSA) is 24.4 Å². The molecule has 0 saturated carbocycles. The molecule has 0 bridgehead atoms. The highest BCUT2D eigenvalue weighted by molar-refractivity contribution is 5.60. The summed E-state index contributed by atoms with van der Waals surface area (Å²) in [5.41, 5.74) is 2.47. The predicted octanol–water partition coefficient (Wildman–Crippen LogP) is 2.98. The summed E-state index contributed by atoms with van der Waals surface area (Å²) in [4.78, 5) is 4.40. The van der Waals surface area contributed by atoms with Crippen molar-refractivity contribution in [1.82, 2.24) is 5.32 Å². The Balaban J connectivity index is 1.93. The van der Waals surface area contributed by atoms with Crippen molar-refractivity contribution in [3.05, 3.63) is 71.8 Å². The van der Waals surface area contributed by atoms with Gasteiger partial charge in [-0.3, -0.25) is 4.99 Å². The van der Waals surface area contributed by atoms with Gasteiger partial charge in [-0.1, -0.05) is 60.7 Å². The number of benzene rings is 2. The highest BCUT2D eigenvalue weighted by Gasteiger charge is 2.26. The van der Waals surface area contributed by atoms with Gasteiger partial charge in [-0.2, -0.15) is 0 Å². The van der Waals surface area contributed by atoms with Crippen LogP contribution in [0.3, 0.4) is 0 Å². The maximum Gasteiger partial charge on any atom is 0.165 e. The molecule has 2 aromatic rings. The molecule has 17 heavy (non-hydrogen) atoms. The van der Waals surface area contributed by atoms with E-state index in [4.69, 9.17) is 0 Å². The van der Waals surface area contributed by atoms with Gasteiger partial charge in [0.25, 0.3) is 0 Å². The van der Waals surface area contributed by atoms with Crippen LogP contribution in [0.15, 0.2) is 65.7 Å². The van der Waals surface area contributed by atoms with E-state index in [1.807, 2.05) is 24.3 Å². The van der Waals surface area contributed by atoms with E-state index in [0.717, 1.165) is 0 Å². The summed E-state index contributed by atoms with van der Waals surface area (Å²) in [6.07, 6.45) is 2.89. The first-order chi connectivity index (χ1) is 8.45. The van der Waals surface area contributed by atoms with E-state index in [1.165, 1.54) is 11.1 Å². The predicted molar refractivity (Wildman–Crippen MR) is 68.9 cm³/mol. The summed E-state index contributed by atoms with van der Waals surface area (Å²) in [5, 5.41) is 3.20. The minimum absolute atomic E-state index is 0.124. The summed E-state index contributed by atoms with van der Waals surface area (Å²) >= 11 is 0. The van der Waals surface area contributed by atoms with Crippen LogP contribution in [0.4, 0.5) is 0 Å². The van der Waals surface area contributed by atoms with Gasteiger partial charge in [0.1, 0.15) is 6.04 Å². The van der Waals surface area contributed by atoms with Gasteiger partial charge in [0, 0.05) is 0 Å². The minimum Gasteiger partial charge on any atom is -0.358 e. The van der Waals surface area contributed by atoms with E-state index in [-0.39, 0.29) is 12.1 Å². The Morgan fingerprint density at radius 2 is 1.41 bits per heavy atom. The molecule has 1 radical (unpaired) electrons. The van der Waals surface area contributed by atoms with Crippen molar-refractivity contribution in [2.75, 3.05) is 0 Å². The highest BCUT2D eigenvalue weighted by Crippen LogP contribution is 2.34. The molecule has 2 aromatic carbocycles. The Morgan fingerprint density at radius 1 is 0.824 bits per heavy atom. The van der Waals surface area contributed by atoms with Crippen molar-refractivity contribution >= 4 is 6.34 Å². The number of nitrogens with one attached hydrogen (secondary N) is 1. The smallest absolute Gasteiger partial charge is 0.165 e. The zero-order chi connectivity index (χ0) is 11.5. The van der Waals surface area contributed by atoms with Gasteiger partial charge in [0.15, 0.2) is 6.34 Å². The zero-order valence-corrected chi connectivity index (χ0v) is 9.38. The van der Waals surface area contributed by atoms with Crippen LogP contribution in [0.5, 0.6) is 0 Å². The van der Waals surface area contributed by atoms with Crippen LogP contribution >= 0.6 is 0 Å². The fraction of sp³-hybridized carbons (Fsp3) is 0.133. The first-order valence-electron chi connectivity index (χ1n) is 5.75. The van der Waals surface area contributed by atoms with Crippen LogP contribution in [-0.4, -0.2) is 6.34 Å². The lowest BCUT2D eigenvalue weighted by atomic mass is 9.95. The van der Waals surface area contributed by atoms with Gasteiger partial charge in [0.05, 0.1) is 6.04 Å². The molecule has 0 fully saturated rings. The second-order valence-corrected chi connectivity index (χ2v) is 4.13. The number of rotatable bonds is 2. The van der Waals surface area contributed by atoms with Crippen molar-refractivity contribution in [1.29, 1.82) is 0 Å². The standard InChI is InChI=1S/C15H13N2/c1-3-7-12(8-4-1)14-15(17-11-16-14)13-9-5-2-6-10-13/h1-10,14-15H,(H,16,17)/t14-,15-/m1/s1. The molecule has 2 nitrogen and oxygen atoms in total. The molecule has 1 N–H and O–H groups in total. The first-order valence-corrected chi connectivity index (χ1v) is 5.75. The van der Waals surface area contributed by atoms with Crippen molar-refractivity contribution in [3.63, 3.8) is 0 Å². The Hall–Kier alpha value is -2.09. The molecule has 0 unspecified atom stereocenters. The van der Waals surface area contributed by atoms with Gasteiger partial charge in [-0.15, -0.1) is 0 Å². The third-order valence-corrected chi connectivity index (χ3v) is 3.04. The summed E-state index contributed by atoms with van der Waals surface area (Å²) in [7, 11) is 0. The zero-order valence-electron chi connectivity index (χ0n) is 9.38. The van der Waals surface area contributed by atoms with Crippen LogP contribution in [0.2, 0.25) is 0 Å². The Labute approximate surface area is 101 Å². The largest absolute Gasteiger partial charge is 0.358 e. The lowest BCUT2D eigenvalue weighted by Crippen LogP contribution is -2.18. The molecule has 0 aromatic heterocycles. The van der Waals surface area contributed by atoms with Gasteiger partial charge in [-0.05, 0) is 11.1 Å². The van der Waals surface area contributed by atoms with Crippen LogP contribution in [0.25, 0.3) is 0 Å². The molecule has 3 rings (SSSR count). The van der Waals surface area contributed by atoms with E-state index in [2.05, 4.69) is 53.0 Å². The lowest BCUT2D eigenvalue weighted by Gasteiger charge is -2.18. The van der Waals surface area contributed by atoms with E-state index < -0.39 is 0 Å². The van der Waals surface area contributed by atoms with Crippen LogP contribution in [0, 0.1) is 0 Å². The molecule has 1 heterocycles. The van der Waals surface area contributed by atoms with E-state index in [1.54, 1.807) is 0 Å². The normalized spacial score (nSPS) is 22.4. The summed E-state index contributed by atoms with van der Waals surface area (Å²) in [6.45, 7) is 0. The Bertz CT molecular complexity index is 505. The maximum atomic E-state index is 4.40. The molecule has 2 atom stereocenters. The molecule has 1 aliphatic heterocycles. The van der Waals surface area contributed by atoms with Crippen LogP contribution < -0.4 is 5.32 Å². The van der Waals surface area contributed by atoms with Gasteiger partial charge in [0.2, 0.25) is 0 Å². The summed E-state index contributed by atoms with van der Waals surface area (Å²) in [5.74, 6) is 0. The molecule has 0 spiro atoms. The maximum absolute atomic E-state index is 4.40. The molecule has 2 heteroatoms. The van der Waals surface area contributed by atoms with Crippen molar-refractivity contribution in [2.24, 2.45) is 4.99 Å². The molecule has 1 aliphatic rings. The third kappa shape index (κ3) is 1.94. The number of nitrogens with zero attached hydrogens (tertiary/aromatic N) is 1. The van der Waals surface area contributed by atoms with Crippen molar-refractivity contribution < 1.29 is 0 Å². The average Bonchev–Trinajstić information content (AvgIpc) is 2.90. The van der Waals surface area contributed by atoms with Crippen molar-refractivity contribution in [3.8, 4) is 0 Å². The summed E-state index contributed by atoms with van der Waals surface area (Å²) < 4.78 is 0. The van der Waals surface area contributed by atoms with E-state index in [9.17, 15) is 0 Å². The van der Waals surface area contributed by atoms with E-state index >= 15 is 0 Å². The van der Waals surface area contributed by atoms with Crippen LogP contribution in [-0.2, 0) is 0 Å².